The number of hydrogen-bond donors (Lipinski definition) is 2. The molecule has 9 nitrogen and oxygen atoms in total. The van der Waals surface area contributed by atoms with Crippen molar-refractivity contribution in [2.75, 3.05) is 19.7 Å². The van der Waals surface area contributed by atoms with Gasteiger partial charge in [0.05, 0.1) is 4.90 Å². The molecule has 0 aliphatic carbocycles. The molecule has 0 radical (unpaired) electrons. The Balaban J connectivity index is 1.64. The minimum atomic E-state index is -4.58. The van der Waals surface area contributed by atoms with E-state index in [-0.39, 0.29) is 29.6 Å². The Morgan fingerprint density at radius 3 is 2.36 bits per heavy atom. The largest absolute Gasteiger partial charge is 0.483 e. The molecular weight excluding hydrogens is 455 g/mol. The van der Waals surface area contributed by atoms with E-state index in [9.17, 15) is 27.5 Å². The second kappa shape index (κ2) is 9.86. The number of benzene rings is 2. The molecule has 1 fully saturated rings. The number of carboxylic acid groups (broad SMARTS) is 1. The highest BCUT2D eigenvalue weighted by Gasteiger charge is 2.32. The second-order valence-corrected chi connectivity index (χ2v) is 9.45. The van der Waals surface area contributed by atoms with Gasteiger partial charge in [0, 0.05) is 31.7 Å². The average molecular weight is 481 g/mol. The molecule has 2 aromatic carbocycles. The van der Waals surface area contributed by atoms with E-state index in [2.05, 4.69) is 4.90 Å². The highest BCUT2D eigenvalue weighted by atomic mass is 32.2. The molecule has 2 atom stereocenters. The third-order valence-corrected chi connectivity index (χ3v) is 6.41. The molecule has 2 aromatic rings. The number of piperazine rings is 1. The third-order valence-electron chi connectivity index (χ3n) is 5.56. The van der Waals surface area contributed by atoms with Crippen LogP contribution in [0, 0.1) is 5.82 Å². The van der Waals surface area contributed by atoms with Crippen LogP contribution < -0.4 is 4.74 Å². The Hall–Kier alpha value is -3.02. The van der Waals surface area contributed by atoms with Gasteiger partial charge in [-0.3, -0.25) is 14.2 Å². The number of ether oxygens (including phenoxy) is 1. The normalized spacial score (nSPS) is 19.3. The lowest BCUT2D eigenvalue weighted by molar-refractivity contribution is -0.139. The van der Waals surface area contributed by atoms with E-state index < -0.39 is 33.2 Å². The molecule has 3 rings (SSSR count). The standard InChI is InChI=1S/C22H25FN2O7S/c1-14-11-25(15(2)10-24(14)12-16-3-5-17(23)6-4-16)21(26)13-32-20-8-7-18(33(29,30)31)9-19(20)22(27)28/h3-9,14-15H,10-13H2,1-2H3,(H,27,28)(H,29,30,31)/t14-,15+/m1/s1. The van der Waals surface area contributed by atoms with Gasteiger partial charge in [-0.25, -0.2) is 9.18 Å². The molecule has 33 heavy (non-hydrogen) atoms. The van der Waals surface area contributed by atoms with Crippen molar-refractivity contribution in [3.63, 3.8) is 0 Å². The van der Waals surface area contributed by atoms with Crippen LogP contribution in [0.3, 0.4) is 0 Å². The number of aromatic carboxylic acids is 1. The summed E-state index contributed by atoms with van der Waals surface area (Å²) in [5.41, 5.74) is 0.483. The summed E-state index contributed by atoms with van der Waals surface area (Å²) in [6, 6.07) is 9.03. The minimum absolute atomic E-state index is 0.0267. The van der Waals surface area contributed by atoms with Crippen molar-refractivity contribution in [2.24, 2.45) is 0 Å². The van der Waals surface area contributed by atoms with Crippen molar-refractivity contribution >= 4 is 22.0 Å². The molecule has 1 aliphatic rings. The number of hydrogen-bond acceptors (Lipinski definition) is 6. The summed E-state index contributed by atoms with van der Waals surface area (Å²) in [6.07, 6.45) is 0. The van der Waals surface area contributed by atoms with E-state index in [0.717, 1.165) is 23.8 Å². The Morgan fingerprint density at radius 1 is 1.09 bits per heavy atom. The number of rotatable bonds is 7. The van der Waals surface area contributed by atoms with Crippen LogP contribution in [0.2, 0.25) is 0 Å². The first-order valence-corrected chi connectivity index (χ1v) is 11.7. The number of amides is 1. The maximum atomic E-state index is 13.1. The molecule has 11 heteroatoms. The summed E-state index contributed by atoms with van der Waals surface area (Å²) in [7, 11) is -4.58. The quantitative estimate of drug-likeness (QED) is 0.579. The number of halogens is 1. The molecule has 178 valence electrons. The van der Waals surface area contributed by atoms with Crippen LogP contribution in [-0.2, 0) is 21.5 Å². The minimum Gasteiger partial charge on any atom is -0.483 e. The van der Waals surface area contributed by atoms with Crippen molar-refractivity contribution in [1.29, 1.82) is 0 Å². The van der Waals surface area contributed by atoms with Gasteiger partial charge in [0.1, 0.15) is 17.1 Å². The van der Waals surface area contributed by atoms with Gasteiger partial charge in [0.25, 0.3) is 16.0 Å². The van der Waals surface area contributed by atoms with Gasteiger partial charge in [-0.15, -0.1) is 0 Å². The summed E-state index contributed by atoms with van der Waals surface area (Å²) in [4.78, 5) is 27.5. The van der Waals surface area contributed by atoms with Gasteiger partial charge < -0.3 is 14.7 Å². The van der Waals surface area contributed by atoms with E-state index in [1.807, 2.05) is 13.8 Å². The van der Waals surface area contributed by atoms with Crippen LogP contribution in [0.4, 0.5) is 4.39 Å². The summed E-state index contributed by atoms with van der Waals surface area (Å²) < 4.78 is 50.2. The van der Waals surface area contributed by atoms with Crippen LogP contribution >= 0.6 is 0 Å². The molecule has 0 bridgehead atoms. The van der Waals surface area contributed by atoms with E-state index in [1.165, 1.54) is 12.1 Å². The number of carbonyl (C=O) groups is 2. The topological polar surface area (TPSA) is 124 Å². The monoisotopic (exact) mass is 480 g/mol. The number of carboxylic acids is 1. The van der Waals surface area contributed by atoms with Crippen LogP contribution in [0.5, 0.6) is 5.75 Å². The summed E-state index contributed by atoms with van der Waals surface area (Å²) in [5.74, 6) is -2.28. The summed E-state index contributed by atoms with van der Waals surface area (Å²) in [5, 5.41) is 9.33. The van der Waals surface area contributed by atoms with Gasteiger partial charge in [-0.2, -0.15) is 8.42 Å². The van der Waals surface area contributed by atoms with Crippen molar-refractivity contribution in [2.45, 2.75) is 37.4 Å². The number of nitrogens with zero attached hydrogens (tertiary/aromatic N) is 2. The molecule has 1 saturated heterocycles. The fraction of sp³-hybridized carbons (Fsp3) is 0.364. The van der Waals surface area contributed by atoms with Crippen LogP contribution in [0.15, 0.2) is 47.4 Å². The molecule has 0 aromatic heterocycles. The molecule has 2 N–H and O–H groups in total. The highest BCUT2D eigenvalue weighted by Crippen LogP contribution is 2.24. The van der Waals surface area contributed by atoms with Gasteiger partial charge in [0.15, 0.2) is 6.61 Å². The summed E-state index contributed by atoms with van der Waals surface area (Å²) in [6.45, 7) is 5.08. The van der Waals surface area contributed by atoms with E-state index in [4.69, 9.17) is 9.29 Å². The Bertz CT molecular complexity index is 1140. The summed E-state index contributed by atoms with van der Waals surface area (Å²) >= 11 is 0. The average Bonchev–Trinajstić information content (AvgIpc) is 2.75. The molecule has 0 spiro atoms. The molecule has 1 heterocycles. The first kappa shape index (κ1) is 24.6. The lowest BCUT2D eigenvalue weighted by atomic mass is 10.1. The van der Waals surface area contributed by atoms with E-state index in [1.54, 1.807) is 17.0 Å². The SMILES string of the molecule is C[C@@H]1CN(C(=O)COc2ccc(S(=O)(=O)O)cc2C(=O)O)[C@@H](C)CN1Cc1ccc(F)cc1. The molecule has 0 saturated carbocycles. The first-order chi connectivity index (χ1) is 15.5. The third kappa shape index (κ3) is 6.06. The molecule has 1 amide bonds. The van der Waals surface area contributed by atoms with Crippen LogP contribution in [0.1, 0.15) is 29.8 Å². The Morgan fingerprint density at radius 2 is 1.76 bits per heavy atom. The zero-order valence-corrected chi connectivity index (χ0v) is 19.0. The lowest BCUT2D eigenvalue weighted by Crippen LogP contribution is -2.58. The van der Waals surface area contributed by atoms with Gasteiger partial charge >= 0.3 is 5.97 Å². The van der Waals surface area contributed by atoms with E-state index >= 15 is 0 Å². The van der Waals surface area contributed by atoms with Crippen molar-refractivity contribution in [1.82, 2.24) is 9.80 Å². The van der Waals surface area contributed by atoms with Crippen molar-refractivity contribution < 1.29 is 36.8 Å². The van der Waals surface area contributed by atoms with Gasteiger partial charge in [-0.1, -0.05) is 12.1 Å². The van der Waals surface area contributed by atoms with Crippen molar-refractivity contribution in [3.8, 4) is 5.75 Å². The molecular formula is C22H25FN2O7S. The highest BCUT2D eigenvalue weighted by molar-refractivity contribution is 7.85. The van der Waals surface area contributed by atoms with Crippen LogP contribution in [0.25, 0.3) is 0 Å². The number of carbonyl (C=O) groups excluding carboxylic acids is 1. The predicted octanol–water partition coefficient (Wildman–Crippen LogP) is 2.27. The molecule has 1 aliphatic heterocycles. The Kier molecular flexibility index (Phi) is 7.35. The predicted molar refractivity (Wildman–Crippen MR) is 116 cm³/mol. The lowest BCUT2D eigenvalue weighted by Gasteiger charge is -2.44. The van der Waals surface area contributed by atoms with E-state index in [0.29, 0.717) is 19.6 Å². The fourth-order valence-corrected chi connectivity index (χ4v) is 4.28. The fourth-order valence-electron chi connectivity index (χ4n) is 3.78. The maximum absolute atomic E-state index is 13.1. The first-order valence-electron chi connectivity index (χ1n) is 10.2. The zero-order chi connectivity index (χ0) is 24.3. The Labute approximate surface area is 191 Å². The second-order valence-electron chi connectivity index (χ2n) is 8.03. The van der Waals surface area contributed by atoms with Gasteiger partial charge in [-0.05, 0) is 49.7 Å². The van der Waals surface area contributed by atoms with Crippen LogP contribution in [-0.4, -0.2) is 71.5 Å². The smallest absolute Gasteiger partial charge is 0.339 e. The van der Waals surface area contributed by atoms with Crippen molar-refractivity contribution in [3.05, 3.63) is 59.4 Å². The maximum Gasteiger partial charge on any atom is 0.339 e. The molecule has 0 unspecified atom stereocenters. The van der Waals surface area contributed by atoms with Gasteiger partial charge in [0.2, 0.25) is 0 Å². The zero-order valence-electron chi connectivity index (χ0n) is 18.1.